The molecule has 0 radical (unpaired) electrons. The highest BCUT2D eigenvalue weighted by atomic mass is 15.1. The van der Waals surface area contributed by atoms with Crippen molar-refractivity contribution >= 4 is 0 Å². The van der Waals surface area contributed by atoms with Crippen molar-refractivity contribution in [2.45, 2.75) is 60.4 Å². The Balaban J connectivity index is 0.000000921. The highest BCUT2D eigenvalue weighted by Crippen LogP contribution is 2.28. The molecule has 0 aromatic carbocycles. The lowest BCUT2D eigenvalue weighted by Crippen LogP contribution is -2.52. The Morgan fingerprint density at radius 1 is 1.07 bits per heavy atom. The molecule has 0 saturated heterocycles. The summed E-state index contributed by atoms with van der Waals surface area (Å²) in [5, 5.41) is 0. The predicted molar refractivity (Wildman–Crippen MR) is 65.7 cm³/mol. The Kier molecular flexibility index (Phi) is 5.06. The number of hydrogen-bond acceptors (Lipinski definition) is 0. The van der Waals surface area contributed by atoms with E-state index in [4.69, 9.17) is 0 Å². The lowest BCUT2D eigenvalue weighted by molar-refractivity contribution is -0.759. The molecule has 1 aromatic heterocycles. The van der Waals surface area contributed by atoms with Crippen molar-refractivity contribution in [1.29, 1.82) is 0 Å². The maximum absolute atomic E-state index is 3.08. The van der Waals surface area contributed by atoms with E-state index in [0.717, 1.165) is 0 Å². The minimum absolute atomic E-state index is 0.193. The lowest BCUT2D eigenvalue weighted by atomic mass is 9.82. The summed E-state index contributed by atoms with van der Waals surface area (Å²) in [6.07, 6.45) is 7.24. The summed E-state index contributed by atoms with van der Waals surface area (Å²) in [7, 11) is 0. The van der Waals surface area contributed by atoms with Crippen molar-refractivity contribution < 1.29 is 4.57 Å². The fraction of sp³-hybridized carbons (Fsp3) is 0.769. The average Bonchev–Trinajstić information content (AvgIpc) is 2.55. The first-order valence-corrected chi connectivity index (χ1v) is 5.86. The Morgan fingerprint density at radius 3 is 1.93 bits per heavy atom. The normalized spacial score (nSPS) is 11.9. The number of aromatic nitrogens is 2. The quantitative estimate of drug-likeness (QED) is 0.722. The van der Waals surface area contributed by atoms with Crippen molar-refractivity contribution in [3.8, 4) is 0 Å². The third-order valence-electron chi connectivity index (χ3n) is 2.21. The van der Waals surface area contributed by atoms with E-state index in [1.165, 1.54) is 6.42 Å². The van der Waals surface area contributed by atoms with Gasteiger partial charge in [-0.1, -0.05) is 34.6 Å². The molecule has 0 amide bonds. The fourth-order valence-electron chi connectivity index (χ4n) is 2.06. The largest absolute Gasteiger partial charge is 0.250 e. The van der Waals surface area contributed by atoms with Gasteiger partial charge in [-0.15, -0.1) is 0 Å². The third kappa shape index (κ3) is 5.01. The highest BCUT2D eigenvalue weighted by molar-refractivity contribution is 4.73. The zero-order chi connectivity index (χ0) is 12.1. The van der Waals surface area contributed by atoms with Gasteiger partial charge in [0, 0.05) is 0 Å². The number of nitrogens with zero attached hydrogens (tertiary/aromatic N) is 1. The van der Waals surface area contributed by atoms with Gasteiger partial charge in [0.25, 0.3) is 0 Å². The zero-order valence-corrected chi connectivity index (χ0v) is 11.4. The lowest BCUT2D eigenvalue weighted by Gasteiger charge is -2.29. The van der Waals surface area contributed by atoms with E-state index in [9.17, 15) is 0 Å². The Hall–Kier alpha value is -0.790. The number of imidazole rings is 1. The van der Waals surface area contributed by atoms with Gasteiger partial charge in [0.05, 0.1) is 0 Å². The number of rotatable bonds is 2. The second-order valence-corrected chi connectivity index (χ2v) is 5.57. The zero-order valence-electron chi connectivity index (χ0n) is 11.4. The second kappa shape index (κ2) is 5.34. The van der Waals surface area contributed by atoms with Crippen LogP contribution in [0.5, 0.6) is 0 Å². The number of hydrogen-bond donors (Lipinski definition) is 1. The molecule has 0 aliphatic carbocycles. The van der Waals surface area contributed by atoms with E-state index in [1.54, 1.807) is 0 Å². The monoisotopic (exact) mass is 211 g/mol. The van der Waals surface area contributed by atoms with E-state index in [-0.39, 0.29) is 5.54 Å². The van der Waals surface area contributed by atoms with Crippen LogP contribution in [-0.2, 0) is 5.54 Å². The van der Waals surface area contributed by atoms with Gasteiger partial charge in [0.2, 0.25) is 6.33 Å². The van der Waals surface area contributed by atoms with Crippen molar-refractivity contribution in [2.24, 2.45) is 5.41 Å². The van der Waals surface area contributed by atoms with Crippen LogP contribution in [0.4, 0.5) is 0 Å². The van der Waals surface area contributed by atoms with Crippen molar-refractivity contribution in [2.75, 3.05) is 0 Å². The van der Waals surface area contributed by atoms with Crippen LogP contribution in [0.3, 0.4) is 0 Å². The smallest absolute Gasteiger partial charge is 0.241 e. The Morgan fingerprint density at radius 2 is 1.60 bits per heavy atom. The SMILES string of the molecule is CC.CC(C)(C)CC(C)(C)[n+]1cc[nH]c1. The first-order chi connectivity index (χ1) is 6.81. The average molecular weight is 211 g/mol. The van der Waals surface area contributed by atoms with Crippen LogP contribution in [0.2, 0.25) is 0 Å². The Bertz CT molecular complexity index is 253. The third-order valence-corrected chi connectivity index (χ3v) is 2.21. The molecular weight excluding hydrogens is 184 g/mol. The summed E-state index contributed by atoms with van der Waals surface area (Å²) in [4.78, 5) is 3.08. The summed E-state index contributed by atoms with van der Waals surface area (Å²) in [6, 6.07) is 0. The Labute approximate surface area is 94.7 Å². The van der Waals surface area contributed by atoms with Crippen LogP contribution in [-0.4, -0.2) is 4.98 Å². The van der Waals surface area contributed by atoms with Crippen LogP contribution in [0.15, 0.2) is 18.7 Å². The first-order valence-electron chi connectivity index (χ1n) is 5.86. The van der Waals surface area contributed by atoms with Gasteiger partial charge < -0.3 is 0 Å². The van der Waals surface area contributed by atoms with Gasteiger partial charge >= 0.3 is 0 Å². The summed E-state index contributed by atoms with van der Waals surface area (Å²) < 4.78 is 2.23. The molecule has 0 aliphatic heterocycles. The van der Waals surface area contributed by atoms with E-state index in [2.05, 4.69) is 50.4 Å². The molecule has 88 valence electrons. The molecule has 1 heterocycles. The van der Waals surface area contributed by atoms with Gasteiger partial charge in [0.15, 0.2) is 0 Å². The molecule has 0 saturated carbocycles. The molecule has 0 aliphatic rings. The molecule has 1 aromatic rings. The molecule has 0 bridgehead atoms. The number of aromatic amines is 1. The van der Waals surface area contributed by atoms with Crippen LogP contribution in [0.25, 0.3) is 0 Å². The fourth-order valence-corrected chi connectivity index (χ4v) is 2.06. The standard InChI is InChI=1S/C11H20N2.C2H6/c1-10(2,3)8-11(4,5)13-7-6-12-9-13;1-2/h6-7,9H,8H2,1-5H3;1-2H3/p+1. The summed E-state index contributed by atoms with van der Waals surface area (Å²) in [5.41, 5.74) is 0.562. The number of nitrogens with one attached hydrogen (secondary N) is 1. The van der Waals surface area contributed by atoms with E-state index >= 15 is 0 Å². The first kappa shape index (κ1) is 14.2. The van der Waals surface area contributed by atoms with Gasteiger partial charge in [-0.25, -0.2) is 4.57 Å². The molecule has 0 fully saturated rings. The molecule has 2 heteroatoms. The second-order valence-electron chi connectivity index (χ2n) is 5.57. The van der Waals surface area contributed by atoms with E-state index in [1.807, 2.05) is 26.4 Å². The molecule has 0 unspecified atom stereocenters. The van der Waals surface area contributed by atoms with Crippen LogP contribution in [0, 0.1) is 5.41 Å². The van der Waals surface area contributed by atoms with Gasteiger partial charge in [-0.3, -0.25) is 4.98 Å². The van der Waals surface area contributed by atoms with Crippen LogP contribution in [0.1, 0.15) is 54.9 Å². The molecule has 1 rings (SSSR count). The molecule has 1 N–H and O–H groups in total. The minimum Gasteiger partial charge on any atom is -0.250 e. The topological polar surface area (TPSA) is 19.7 Å². The van der Waals surface area contributed by atoms with Crippen LogP contribution < -0.4 is 4.57 Å². The highest BCUT2D eigenvalue weighted by Gasteiger charge is 2.30. The molecule has 2 nitrogen and oxygen atoms in total. The summed E-state index contributed by atoms with van der Waals surface area (Å²) in [5.74, 6) is 0. The summed E-state index contributed by atoms with van der Waals surface area (Å²) in [6.45, 7) is 15.4. The molecule has 0 spiro atoms. The van der Waals surface area contributed by atoms with Gasteiger partial charge in [-0.2, -0.15) is 0 Å². The summed E-state index contributed by atoms with van der Waals surface area (Å²) >= 11 is 0. The maximum Gasteiger partial charge on any atom is 0.241 e. The van der Waals surface area contributed by atoms with Crippen molar-refractivity contribution in [3.05, 3.63) is 18.7 Å². The van der Waals surface area contributed by atoms with E-state index in [0.29, 0.717) is 5.41 Å². The van der Waals surface area contributed by atoms with Crippen LogP contribution >= 0.6 is 0 Å². The molecular formula is C13H27N2+. The van der Waals surface area contributed by atoms with E-state index < -0.39 is 0 Å². The minimum atomic E-state index is 0.193. The molecule has 15 heavy (non-hydrogen) atoms. The van der Waals surface area contributed by atoms with Gasteiger partial charge in [0.1, 0.15) is 17.9 Å². The van der Waals surface area contributed by atoms with Crippen molar-refractivity contribution in [1.82, 2.24) is 4.98 Å². The molecule has 0 atom stereocenters. The number of H-pyrrole nitrogens is 1. The van der Waals surface area contributed by atoms with Crippen molar-refractivity contribution in [3.63, 3.8) is 0 Å². The maximum atomic E-state index is 3.08. The predicted octanol–water partition coefficient (Wildman–Crippen LogP) is 3.50. The van der Waals surface area contributed by atoms with Gasteiger partial charge in [-0.05, 0) is 25.7 Å².